The molecule has 0 aliphatic heterocycles. The lowest BCUT2D eigenvalue weighted by molar-refractivity contribution is 0.886. The van der Waals surface area contributed by atoms with Crippen molar-refractivity contribution in [2.45, 2.75) is 136 Å². The molecule has 4 rings (SSSR count). The summed E-state index contributed by atoms with van der Waals surface area (Å²) in [5.74, 6) is 0. The van der Waals surface area contributed by atoms with Crippen LogP contribution in [0.3, 0.4) is 0 Å². The topological polar surface area (TPSA) is 0 Å². The van der Waals surface area contributed by atoms with Crippen molar-refractivity contribution in [2.24, 2.45) is 0 Å². The quantitative estimate of drug-likeness (QED) is 0.221. The van der Waals surface area contributed by atoms with Crippen molar-refractivity contribution in [1.29, 1.82) is 0 Å². The first-order valence-corrected chi connectivity index (χ1v) is 17.2. The fourth-order valence-electron chi connectivity index (χ4n) is 1.90. The average molecular weight is 581 g/mol. The molecule has 0 bridgehead atoms. The van der Waals surface area contributed by atoms with Gasteiger partial charge < -0.3 is 0 Å². The van der Waals surface area contributed by atoms with Crippen LogP contribution >= 0.6 is 0 Å². The van der Waals surface area contributed by atoms with Crippen LogP contribution in [0.4, 0.5) is 0 Å². The van der Waals surface area contributed by atoms with Gasteiger partial charge in [-0.3, -0.25) is 0 Å². The second-order valence-electron chi connectivity index (χ2n) is 6.66. The van der Waals surface area contributed by atoms with E-state index in [-0.39, 0.29) is 0 Å². The number of fused-ring (bicyclic) bond motifs is 1. The second-order valence-corrected chi connectivity index (χ2v) is 6.66. The maximum absolute atomic E-state index is 2.18. The largest absolute Gasteiger partial charge is 0.0683 e. The first kappa shape index (κ1) is 55.1. The first-order valence-electron chi connectivity index (χ1n) is 17.2. The lowest BCUT2D eigenvalue weighted by Gasteiger charge is -1.92. The van der Waals surface area contributed by atoms with Gasteiger partial charge in [-0.05, 0) is 10.8 Å². The van der Waals surface area contributed by atoms with Crippen LogP contribution in [0.25, 0.3) is 10.8 Å². The predicted octanol–water partition coefficient (Wildman–Crippen LogP) is 16.0. The smallest absolute Gasteiger partial charge is 0.0184 e. The van der Waals surface area contributed by atoms with E-state index in [1.54, 1.807) is 0 Å². The SMILES string of the molecule is CC.CC.CC.CC.CC.CC.CCCC.CCCC.c1ccc2ccccc2c1.c1ccccc1.c1ccccc1. The lowest BCUT2D eigenvalue weighted by atomic mass is 10.1. The minimum atomic E-state index is 1.31. The maximum atomic E-state index is 2.18. The van der Waals surface area contributed by atoms with Gasteiger partial charge in [-0.25, -0.2) is 0 Å². The van der Waals surface area contributed by atoms with Crippen molar-refractivity contribution < 1.29 is 0 Å². The number of hydrogen-bond donors (Lipinski definition) is 0. The number of hydrogen-bond acceptors (Lipinski definition) is 0. The molecule has 0 spiro atoms. The highest BCUT2D eigenvalue weighted by molar-refractivity contribution is 5.82. The molecule has 0 heteroatoms. The van der Waals surface area contributed by atoms with Crippen molar-refractivity contribution in [2.75, 3.05) is 0 Å². The van der Waals surface area contributed by atoms with Gasteiger partial charge in [0.25, 0.3) is 0 Å². The molecule has 0 radical (unpaired) electrons. The van der Waals surface area contributed by atoms with Crippen LogP contribution in [0.15, 0.2) is 121 Å². The van der Waals surface area contributed by atoms with E-state index in [2.05, 4.69) is 76.2 Å². The molecule has 0 fully saturated rings. The van der Waals surface area contributed by atoms with Gasteiger partial charge >= 0.3 is 0 Å². The van der Waals surface area contributed by atoms with E-state index in [4.69, 9.17) is 0 Å². The molecule has 244 valence electrons. The van der Waals surface area contributed by atoms with E-state index in [9.17, 15) is 0 Å². The predicted molar refractivity (Wildman–Crippen MR) is 206 cm³/mol. The third-order valence-electron chi connectivity index (χ3n) is 3.99. The monoisotopic (exact) mass is 581 g/mol. The molecule has 0 aromatic heterocycles. The Bertz CT molecular complexity index is 633. The fraction of sp³-hybridized carbons (Fsp3) is 0.476. The number of rotatable bonds is 2. The summed E-state index contributed by atoms with van der Waals surface area (Å²) in [7, 11) is 0. The van der Waals surface area contributed by atoms with Crippen molar-refractivity contribution in [3.8, 4) is 0 Å². The lowest BCUT2D eigenvalue weighted by Crippen LogP contribution is -1.67. The molecule has 0 unspecified atom stereocenters. The Morgan fingerprint density at radius 1 is 0.238 bits per heavy atom. The van der Waals surface area contributed by atoms with Gasteiger partial charge in [-0.2, -0.15) is 0 Å². The average Bonchev–Trinajstić information content (AvgIpc) is 3.15. The summed E-state index contributed by atoms with van der Waals surface area (Å²) in [5, 5.41) is 2.62. The van der Waals surface area contributed by atoms with Crippen molar-refractivity contribution in [1.82, 2.24) is 0 Å². The molecule has 0 N–H and O–H groups in total. The number of benzene rings is 4. The summed E-state index contributed by atoms with van der Waals surface area (Å²) < 4.78 is 0. The van der Waals surface area contributed by atoms with Crippen LogP contribution in [-0.4, -0.2) is 0 Å². The van der Waals surface area contributed by atoms with Gasteiger partial charge in [-0.1, -0.05) is 258 Å². The molecule has 42 heavy (non-hydrogen) atoms. The minimum absolute atomic E-state index is 1.31. The molecule has 0 aliphatic rings. The van der Waals surface area contributed by atoms with E-state index >= 15 is 0 Å². The third-order valence-corrected chi connectivity index (χ3v) is 3.99. The Hall–Kier alpha value is -2.86. The van der Waals surface area contributed by atoms with Gasteiger partial charge in [0.15, 0.2) is 0 Å². The van der Waals surface area contributed by atoms with Crippen molar-refractivity contribution in [3.63, 3.8) is 0 Å². The van der Waals surface area contributed by atoms with Gasteiger partial charge in [-0.15, -0.1) is 0 Å². The molecular formula is C42H76. The van der Waals surface area contributed by atoms with Crippen molar-refractivity contribution in [3.05, 3.63) is 121 Å². The number of unbranched alkanes of at least 4 members (excludes halogenated alkanes) is 2. The molecule has 0 nitrogen and oxygen atoms in total. The fourth-order valence-corrected chi connectivity index (χ4v) is 1.90. The van der Waals surface area contributed by atoms with Crippen LogP contribution in [0.2, 0.25) is 0 Å². The van der Waals surface area contributed by atoms with Gasteiger partial charge in [0, 0.05) is 0 Å². The molecule has 0 aliphatic carbocycles. The maximum Gasteiger partial charge on any atom is -0.0184 e. The van der Waals surface area contributed by atoms with Gasteiger partial charge in [0.2, 0.25) is 0 Å². The van der Waals surface area contributed by atoms with Crippen LogP contribution in [0, 0.1) is 0 Å². The summed E-state index contributed by atoms with van der Waals surface area (Å²) in [4.78, 5) is 0. The van der Waals surface area contributed by atoms with E-state index in [1.165, 1.54) is 36.5 Å². The van der Waals surface area contributed by atoms with Crippen molar-refractivity contribution >= 4 is 10.8 Å². The minimum Gasteiger partial charge on any atom is -0.0683 e. The zero-order valence-electron chi connectivity index (χ0n) is 31.4. The standard InChI is InChI=1S/C10H8.2C6H6.2C4H10.6C2H6/c1-2-6-10-8-4-3-7-9(10)5-1;2*1-2-4-6-5-3-1;2*1-3-4-2;6*1-2/h1-8H;2*1-6H;2*3-4H2,1-2H3;6*1-2H3. The summed E-state index contributed by atoms with van der Waals surface area (Å²) >= 11 is 0. The van der Waals surface area contributed by atoms with Crippen LogP contribution in [0.5, 0.6) is 0 Å². The first-order chi connectivity index (χ1) is 20.8. The zero-order chi connectivity index (χ0) is 34.1. The summed E-state index contributed by atoms with van der Waals surface area (Å²) in [6.07, 6.45) is 5.28. The molecule has 0 amide bonds. The molecule has 4 aromatic rings. The Labute approximate surface area is 268 Å². The Balaban J connectivity index is -0.0000000689. The Morgan fingerprint density at radius 3 is 0.452 bits per heavy atom. The molecule has 4 aromatic carbocycles. The van der Waals surface area contributed by atoms with Gasteiger partial charge in [0.1, 0.15) is 0 Å². The highest BCUT2D eigenvalue weighted by atomic mass is 13.9. The zero-order valence-corrected chi connectivity index (χ0v) is 31.4. The van der Waals surface area contributed by atoms with Crippen LogP contribution in [0.1, 0.15) is 136 Å². The normalized spacial score (nSPS) is 6.95. The molecule has 0 heterocycles. The summed E-state index contributed by atoms with van der Waals surface area (Å²) in [6, 6.07) is 40.7. The van der Waals surface area contributed by atoms with E-state index in [0.717, 1.165) is 0 Å². The van der Waals surface area contributed by atoms with Crippen LogP contribution < -0.4 is 0 Å². The van der Waals surface area contributed by atoms with E-state index in [1.807, 2.05) is 156 Å². The van der Waals surface area contributed by atoms with E-state index < -0.39 is 0 Å². The van der Waals surface area contributed by atoms with E-state index in [0.29, 0.717) is 0 Å². The molecular weight excluding hydrogens is 504 g/mol. The summed E-state index contributed by atoms with van der Waals surface area (Å²) in [6.45, 7) is 32.7. The molecule has 0 saturated carbocycles. The highest BCUT2D eigenvalue weighted by Gasteiger charge is 1.85. The highest BCUT2D eigenvalue weighted by Crippen LogP contribution is 2.11. The van der Waals surface area contributed by atoms with Gasteiger partial charge in [0.05, 0.1) is 0 Å². The Morgan fingerprint density at radius 2 is 0.357 bits per heavy atom. The molecule has 0 atom stereocenters. The van der Waals surface area contributed by atoms with Crippen LogP contribution in [-0.2, 0) is 0 Å². The molecule has 0 saturated heterocycles. The Kier molecular flexibility index (Phi) is 93.7. The summed E-state index contributed by atoms with van der Waals surface area (Å²) in [5.41, 5.74) is 0. The second kappa shape index (κ2) is 71.4. The third kappa shape index (κ3) is 57.1.